The summed E-state index contributed by atoms with van der Waals surface area (Å²) in [6, 6.07) is 0.947. The molecule has 0 spiro atoms. The van der Waals surface area contributed by atoms with E-state index in [0.29, 0.717) is 24.4 Å². The van der Waals surface area contributed by atoms with Gasteiger partial charge in [0.25, 0.3) is 0 Å². The predicted molar refractivity (Wildman–Crippen MR) is 116 cm³/mol. The van der Waals surface area contributed by atoms with Crippen LogP contribution in [-0.2, 0) is 11.2 Å². The lowest BCUT2D eigenvalue weighted by Gasteiger charge is -2.41. The van der Waals surface area contributed by atoms with Gasteiger partial charge in [-0.25, -0.2) is 4.98 Å². The van der Waals surface area contributed by atoms with Gasteiger partial charge >= 0.3 is 0 Å². The van der Waals surface area contributed by atoms with Crippen molar-refractivity contribution in [2.24, 2.45) is 0 Å². The molecule has 1 aromatic heterocycles. The Morgan fingerprint density at radius 1 is 1.00 bits per heavy atom. The van der Waals surface area contributed by atoms with E-state index in [4.69, 9.17) is 0 Å². The van der Waals surface area contributed by atoms with E-state index in [1.807, 2.05) is 6.20 Å². The van der Waals surface area contributed by atoms with Gasteiger partial charge in [0, 0.05) is 38.3 Å². The van der Waals surface area contributed by atoms with Crippen LogP contribution >= 0.6 is 11.3 Å². The molecule has 0 bridgehead atoms. The first-order chi connectivity index (χ1) is 13.7. The zero-order chi connectivity index (χ0) is 19.3. The lowest BCUT2D eigenvalue weighted by atomic mass is 9.88. The third-order valence-corrected chi connectivity index (χ3v) is 7.94. The van der Waals surface area contributed by atoms with Gasteiger partial charge in [-0.05, 0) is 32.7 Å². The smallest absolute Gasteiger partial charge is 0.229 e. The summed E-state index contributed by atoms with van der Waals surface area (Å²) in [5.74, 6) is 0.332. The van der Waals surface area contributed by atoms with Crippen molar-refractivity contribution in [3.05, 3.63) is 11.2 Å². The number of carbonyl (C=O) groups is 1. The third kappa shape index (κ3) is 4.88. The molecule has 3 aliphatic rings. The Bertz CT molecular complexity index is 610. The van der Waals surface area contributed by atoms with Crippen LogP contribution in [0.15, 0.2) is 6.20 Å². The van der Waals surface area contributed by atoms with Gasteiger partial charge in [0.05, 0.1) is 12.6 Å². The Hall–Kier alpha value is -1.14. The van der Waals surface area contributed by atoms with Crippen LogP contribution in [0.4, 0.5) is 5.00 Å². The number of thiazole rings is 1. The normalized spacial score (nSPS) is 23.1. The second-order valence-electron chi connectivity index (χ2n) is 8.94. The number of hydrogen-bond acceptors (Lipinski definition) is 5. The van der Waals surface area contributed by atoms with E-state index in [-0.39, 0.29) is 0 Å². The number of aromatic nitrogens is 1. The van der Waals surface area contributed by atoms with Gasteiger partial charge < -0.3 is 14.7 Å². The number of likely N-dealkylation sites (N-methyl/N-ethyl adjacent to an activating group) is 1. The van der Waals surface area contributed by atoms with Crippen molar-refractivity contribution in [1.29, 1.82) is 0 Å². The minimum absolute atomic E-state index is 0.332. The molecule has 0 unspecified atom stereocenters. The Balaban J connectivity index is 1.42. The topological polar surface area (TPSA) is 39.7 Å². The highest BCUT2D eigenvalue weighted by atomic mass is 32.1. The summed E-state index contributed by atoms with van der Waals surface area (Å²) in [6.07, 6.45) is 15.1. The minimum Gasteiger partial charge on any atom is -0.360 e. The summed E-state index contributed by atoms with van der Waals surface area (Å²) in [5.41, 5.74) is 0. The monoisotopic (exact) mass is 404 g/mol. The maximum atomic E-state index is 13.4. The molecule has 1 amide bonds. The van der Waals surface area contributed by atoms with Gasteiger partial charge in [0.1, 0.15) is 10.0 Å². The summed E-state index contributed by atoms with van der Waals surface area (Å²) in [7, 11) is 2.18. The number of carbonyl (C=O) groups excluding carboxylic acids is 1. The highest BCUT2D eigenvalue weighted by Gasteiger charge is 2.32. The summed E-state index contributed by atoms with van der Waals surface area (Å²) >= 11 is 1.73. The highest BCUT2D eigenvalue weighted by molar-refractivity contribution is 7.15. The number of piperazine rings is 1. The number of nitrogens with zero attached hydrogens (tertiary/aromatic N) is 4. The quantitative estimate of drug-likeness (QED) is 0.745. The molecule has 0 atom stereocenters. The van der Waals surface area contributed by atoms with Crippen LogP contribution in [0.25, 0.3) is 0 Å². The fourth-order valence-electron chi connectivity index (χ4n) is 5.20. The first-order valence-electron chi connectivity index (χ1n) is 11.4. The molecule has 1 aromatic rings. The van der Waals surface area contributed by atoms with E-state index >= 15 is 0 Å². The fourth-order valence-corrected chi connectivity index (χ4v) is 6.16. The molecule has 2 heterocycles. The molecular formula is C22H36N4OS. The van der Waals surface area contributed by atoms with Crippen molar-refractivity contribution in [1.82, 2.24) is 14.8 Å². The van der Waals surface area contributed by atoms with E-state index in [9.17, 15) is 4.79 Å². The highest BCUT2D eigenvalue weighted by Crippen LogP contribution is 2.32. The Kier molecular flexibility index (Phi) is 6.89. The number of hydrogen-bond donors (Lipinski definition) is 0. The van der Waals surface area contributed by atoms with Crippen molar-refractivity contribution in [2.45, 2.75) is 82.7 Å². The zero-order valence-electron chi connectivity index (χ0n) is 17.4. The molecular weight excluding hydrogens is 368 g/mol. The zero-order valence-corrected chi connectivity index (χ0v) is 18.3. The van der Waals surface area contributed by atoms with Gasteiger partial charge in [-0.15, -0.1) is 11.3 Å². The molecule has 2 aliphatic carbocycles. The van der Waals surface area contributed by atoms with Gasteiger partial charge in [-0.1, -0.05) is 38.5 Å². The molecule has 156 valence electrons. The van der Waals surface area contributed by atoms with Crippen LogP contribution in [0.1, 0.15) is 69.2 Å². The lowest BCUT2D eigenvalue weighted by Crippen LogP contribution is -2.49. The van der Waals surface area contributed by atoms with E-state index in [1.165, 1.54) is 69.2 Å². The van der Waals surface area contributed by atoms with E-state index in [1.54, 1.807) is 11.3 Å². The SMILES string of the molecule is CN1CCN(c2cnc(CC(=O)N(C3CCCCC3)C3CCCCC3)s2)CC1. The molecule has 3 fully saturated rings. The van der Waals surface area contributed by atoms with Crippen LogP contribution in [0.3, 0.4) is 0 Å². The maximum absolute atomic E-state index is 13.4. The molecule has 0 radical (unpaired) electrons. The van der Waals surface area contributed by atoms with Crippen LogP contribution in [0.2, 0.25) is 0 Å². The van der Waals surface area contributed by atoms with Crippen LogP contribution in [-0.4, -0.2) is 66.0 Å². The maximum Gasteiger partial charge on any atom is 0.229 e. The van der Waals surface area contributed by atoms with E-state index in [0.717, 1.165) is 31.2 Å². The second-order valence-corrected chi connectivity index (χ2v) is 10.0. The molecule has 5 nitrogen and oxygen atoms in total. The standard InChI is InChI=1S/C22H36N4OS/c1-24-12-14-25(15-13-24)22-17-23-20(28-22)16-21(27)26(18-8-4-2-5-9-18)19-10-6-3-7-11-19/h17-19H,2-16H2,1H3. The molecule has 1 saturated heterocycles. The summed E-state index contributed by atoms with van der Waals surface area (Å²) in [5, 5.41) is 2.23. The van der Waals surface area contributed by atoms with Gasteiger partial charge in [0.2, 0.25) is 5.91 Å². The molecule has 0 aromatic carbocycles. The second kappa shape index (κ2) is 9.57. The third-order valence-electron chi connectivity index (χ3n) is 6.88. The number of anilines is 1. The Morgan fingerprint density at radius 2 is 1.57 bits per heavy atom. The molecule has 1 aliphatic heterocycles. The fraction of sp³-hybridized carbons (Fsp3) is 0.818. The van der Waals surface area contributed by atoms with E-state index < -0.39 is 0 Å². The predicted octanol–water partition coefficient (Wildman–Crippen LogP) is 3.93. The summed E-state index contributed by atoms with van der Waals surface area (Å²) in [6.45, 7) is 4.32. The van der Waals surface area contributed by atoms with Gasteiger partial charge in [0.15, 0.2) is 0 Å². The molecule has 0 N–H and O–H groups in total. The molecule has 28 heavy (non-hydrogen) atoms. The van der Waals surface area contributed by atoms with Gasteiger partial charge in [-0.2, -0.15) is 0 Å². The van der Waals surface area contributed by atoms with Crippen molar-refractivity contribution in [2.75, 3.05) is 38.1 Å². The average Bonchev–Trinajstić information content (AvgIpc) is 3.19. The lowest BCUT2D eigenvalue weighted by molar-refractivity contribution is -0.137. The van der Waals surface area contributed by atoms with E-state index in [2.05, 4.69) is 26.7 Å². The number of amides is 1. The Morgan fingerprint density at radius 3 is 2.14 bits per heavy atom. The van der Waals surface area contributed by atoms with Crippen molar-refractivity contribution in [3.63, 3.8) is 0 Å². The largest absolute Gasteiger partial charge is 0.360 e. The average molecular weight is 405 g/mol. The van der Waals surface area contributed by atoms with Crippen molar-refractivity contribution >= 4 is 22.2 Å². The minimum atomic E-state index is 0.332. The molecule has 4 rings (SSSR count). The first-order valence-corrected chi connectivity index (χ1v) is 12.2. The van der Waals surface area contributed by atoms with Crippen LogP contribution in [0, 0.1) is 0 Å². The summed E-state index contributed by atoms with van der Waals surface area (Å²) < 4.78 is 0. The first kappa shape index (κ1) is 20.1. The Labute approximate surface area is 174 Å². The molecule has 6 heteroatoms. The number of rotatable bonds is 5. The van der Waals surface area contributed by atoms with Crippen LogP contribution in [0.5, 0.6) is 0 Å². The molecule has 2 saturated carbocycles. The summed E-state index contributed by atoms with van der Waals surface area (Å²) in [4.78, 5) is 25.2. The van der Waals surface area contributed by atoms with Crippen molar-refractivity contribution in [3.8, 4) is 0 Å². The van der Waals surface area contributed by atoms with Crippen LogP contribution < -0.4 is 4.90 Å². The van der Waals surface area contributed by atoms with Gasteiger partial charge in [-0.3, -0.25) is 4.79 Å². The van der Waals surface area contributed by atoms with Crippen molar-refractivity contribution < 1.29 is 4.79 Å².